The summed E-state index contributed by atoms with van der Waals surface area (Å²) in [6.07, 6.45) is -1.56. The minimum absolute atomic E-state index is 0.0783. The zero-order chi connectivity index (χ0) is 21.8. The van der Waals surface area contributed by atoms with Crippen LogP contribution >= 0.6 is 23.4 Å². The first-order valence-electron chi connectivity index (χ1n) is 9.02. The molecule has 0 bridgehead atoms. The molecule has 0 saturated heterocycles. The first kappa shape index (κ1) is 21.1. The van der Waals surface area contributed by atoms with Crippen LogP contribution in [0.3, 0.4) is 0 Å². The second kappa shape index (κ2) is 7.23. The fourth-order valence-corrected chi connectivity index (χ4v) is 5.48. The normalized spacial score (nSPS) is 27.6. The highest BCUT2D eigenvalue weighted by atomic mass is 35.5. The Morgan fingerprint density at radius 3 is 2.73 bits per heavy atom. The van der Waals surface area contributed by atoms with Crippen LogP contribution in [0.4, 0.5) is 17.6 Å². The Kier molecular flexibility index (Phi) is 5.09. The molecule has 10 heteroatoms. The van der Waals surface area contributed by atoms with Gasteiger partial charge in [-0.1, -0.05) is 23.4 Å². The number of nitrogens with zero attached hydrogens (tertiary/aromatic N) is 2. The summed E-state index contributed by atoms with van der Waals surface area (Å²) in [5.41, 5.74) is 4.42. The Morgan fingerprint density at radius 2 is 2.10 bits per heavy atom. The average Bonchev–Trinajstić information content (AvgIpc) is 3.42. The zero-order valence-electron chi connectivity index (χ0n) is 15.6. The van der Waals surface area contributed by atoms with Gasteiger partial charge in [-0.15, -0.1) is 0 Å². The van der Waals surface area contributed by atoms with Crippen LogP contribution in [0.1, 0.15) is 35.0 Å². The minimum Gasteiger partial charge on any atom is -0.378 e. The summed E-state index contributed by atoms with van der Waals surface area (Å²) in [6.45, 7) is 1.47. The van der Waals surface area contributed by atoms with Crippen LogP contribution < -0.4 is 5.73 Å². The number of halogens is 5. The van der Waals surface area contributed by atoms with Crippen LogP contribution in [0, 0.1) is 17.6 Å². The van der Waals surface area contributed by atoms with E-state index in [9.17, 15) is 22.4 Å². The molecule has 4 rings (SSSR count). The number of pyridine rings is 1. The lowest BCUT2D eigenvalue weighted by Gasteiger charge is -2.34. The summed E-state index contributed by atoms with van der Waals surface area (Å²) >= 11 is 6.54. The van der Waals surface area contributed by atoms with Crippen molar-refractivity contribution in [3.63, 3.8) is 0 Å². The van der Waals surface area contributed by atoms with E-state index in [1.54, 1.807) is 0 Å². The maximum atomic E-state index is 14.8. The van der Waals surface area contributed by atoms with Crippen LogP contribution in [0.15, 0.2) is 35.5 Å². The van der Waals surface area contributed by atoms with Gasteiger partial charge in [0.25, 0.3) is 6.43 Å². The van der Waals surface area contributed by atoms with Gasteiger partial charge < -0.3 is 5.73 Å². The molecule has 2 N–H and O–H groups in total. The maximum absolute atomic E-state index is 14.8. The van der Waals surface area contributed by atoms with Gasteiger partial charge in [0.1, 0.15) is 5.69 Å². The van der Waals surface area contributed by atoms with E-state index in [4.69, 9.17) is 17.3 Å². The Labute approximate surface area is 178 Å². The van der Waals surface area contributed by atoms with E-state index in [-0.39, 0.29) is 34.8 Å². The third kappa shape index (κ3) is 3.37. The van der Waals surface area contributed by atoms with Crippen molar-refractivity contribution in [2.75, 3.05) is 0 Å². The average molecular weight is 458 g/mol. The number of benzene rings is 1. The van der Waals surface area contributed by atoms with Crippen molar-refractivity contribution in [2.45, 2.75) is 36.5 Å². The molecular weight excluding hydrogens is 442 g/mol. The number of fused-ring (bicyclic) bond motifs is 1. The first-order valence-corrected chi connectivity index (χ1v) is 10.2. The van der Waals surface area contributed by atoms with Crippen LogP contribution in [-0.2, 0) is 12.0 Å². The molecule has 3 atom stereocenters. The number of hydrogen-bond donors (Lipinski definition) is 1. The second-order valence-corrected chi connectivity index (χ2v) is 9.43. The molecule has 0 unspecified atom stereocenters. The number of ketones is 1. The van der Waals surface area contributed by atoms with Crippen molar-refractivity contribution >= 4 is 34.3 Å². The molecular formula is C20H16ClF4N3OS. The molecule has 0 spiro atoms. The van der Waals surface area contributed by atoms with Gasteiger partial charge in [0.05, 0.1) is 15.3 Å². The quantitative estimate of drug-likeness (QED) is 0.520. The third-order valence-electron chi connectivity index (χ3n) is 5.65. The molecule has 30 heavy (non-hydrogen) atoms. The molecule has 1 aromatic carbocycles. The van der Waals surface area contributed by atoms with E-state index in [0.29, 0.717) is 5.02 Å². The van der Waals surface area contributed by atoms with Crippen molar-refractivity contribution < 1.29 is 22.4 Å². The van der Waals surface area contributed by atoms with Gasteiger partial charge >= 0.3 is 0 Å². The van der Waals surface area contributed by atoms with E-state index in [1.807, 2.05) is 0 Å². The van der Waals surface area contributed by atoms with Crippen molar-refractivity contribution in [1.29, 1.82) is 0 Å². The number of carbonyl (C=O) groups is 1. The summed E-state index contributed by atoms with van der Waals surface area (Å²) in [6, 6.07) is 5.13. The van der Waals surface area contributed by atoms with E-state index in [1.165, 1.54) is 31.3 Å². The Hall–Kier alpha value is -2.13. The van der Waals surface area contributed by atoms with E-state index in [2.05, 4.69) is 9.98 Å². The summed E-state index contributed by atoms with van der Waals surface area (Å²) < 4.78 is 55.1. The molecule has 158 valence electrons. The number of aliphatic imine (C=N–C) groups is 1. The number of thioether (sulfide) groups is 1. The van der Waals surface area contributed by atoms with Crippen LogP contribution in [0.25, 0.3) is 0 Å². The molecule has 4 nitrogen and oxygen atoms in total. The largest absolute Gasteiger partial charge is 0.378 e. The standard InChI is InChI=1S/C20H16ClF4N3OS/c1-19(15-7-20(15,17(24)25)30-18(26)28-19)11-4-9(5-12(22)16(11)23)6-14(29)13-3-2-10(21)8-27-13/h2-5,8,15,17H,6-7H2,1H3,(H2,26,28)/t15-,19+,20-/m0/s1. The predicted octanol–water partition coefficient (Wildman–Crippen LogP) is 4.74. The predicted molar refractivity (Wildman–Crippen MR) is 107 cm³/mol. The third-order valence-corrected chi connectivity index (χ3v) is 7.18. The number of aromatic nitrogens is 1. The Morgan fingerprint density at radius 1 is 1.37 bits per heavy atom. The SMILES string of the molecule is C[C@]1(c2cc(CC(=O)c3ccc(Cl)cn3)cc(F)c2F)N=C(N)S[C@@]2(C(F)F)C[C@@H]12. The molecule has 0 amide bonds. The number of carbonyl (C=O) groups excluding carboxylic acids is 1. The van der Waals surface area contributed by atoms with Crippen molar-refractivity contribution in [2.24, 2.45) is 16.6 Å². The summed E-state index contributed by atoms with van der Waals surface area (Å²) in [4.78, 5) is 20.6. The van der Waals surface area contributed by atoms with Gasteiger partial charge in [0, 0.05) is 24.1 Å². The molecule has 2 aliphatic rings. The summed E-state index contributed by atoms with van der Waals surface area (Å²) in [5.74, 6) is -3.50. The maximum Gasteiger partial charge on any atom is 0.253 e. The smallest absolute Gasteiger partial charge is 0.253 e. The highest BCUT2D eigenvalue weighted by Crippen LogP contribution is 2.68. The number of amidine groups is 1. The Bertz CT molecular complexity index is 1060. The van der Waals surface area contributed by atoms with Crippen LogP contribution in [0.5, 0.6) is 0 Å². The van der Waals surface area contributed by atoms with Crippen LogP contribution in [0.2, 0.25) is 5.02 Å². The molecule has 1 aliphatic carbocycles. The van der Waals surface area contributed by atoms with Gasteiger partial charge in [0.2, 0.25) is 0 Å². The monoisotopic (exact) mass is 457 g/mol. The fourth-order valence-electron chi connectivity index (χ4n) is 4.04. The van der Waals surface area contributed by atoms with Gasteiger partial charge in [-0.2, -0.15) is 0 Å². The summed E-state index contributed by atoms with van der Waals surface area (Å²) in [7, 11) is 0. The molecule has 1 aliphatic heterocycles. The van der Waals surface area contributed by atoms with Crippen molar-refractivity contribution in [3.05, 3.63) is 63.9 Å². The Balaban J connectivity index is 1.71. The van der Waals surface area contributed by atoms with Crippen molar-refractivity contribution in [1.82, 2.24) is 4.98 Å². The zero-order valence-corrected chi connectivity index (χ0v) is 17.2. The van der Waals surface area contributed by atoms with Gasteiger partial charge in [0.15, 0.2) is 22.6 Å². The van der Waals surface area contributed by atoms with Crippen LogP contribution in [-0.4, -0.2) is 27.1 Å². The minimum atomic E-state index is -2.69. The second-order valence-electron chi connectivity index (χ2n) is 7.61. The number of Topliss-reactive ketones (excluding diaryl/α,β-unsaturated/α-hetero) is 1. The molecule has 1 fully saturated rings. The lowest BCUT2D eigenvalue weighted by Crippen LogP contribution is -2.39. The topological polar surface area (TPSA) is 68.3 Å². The summed E-state index contributed by atoms with van der Waals surface area (Å²) in [5, 5.41) is 0.255. The van der Waals surface area contributed by atoms with Gasteiger partial charge in [-0.3, -0.25) is 14.8 Å². The number of nitrogens with two attached hydrogens (primary N) is 1. The molecule has 1 aromatic heterocycles. The van der Waals surface area contributed by atoms with Gasteiger partial charge in [-0.25, -0.2) is 17.6 Å². The van der Waals surface area contributed by atoms with Gasteiger partial charge in [-0.05, 0) is 43.2 Å². The van der Waals surface area contributed by atoms with E-state index < -0.39 is 40.0 Å². The van der Waals surface area contributed by atoms with Crippen molar-refractivity contribution in [3.8, 4) is 0 Å². The molecule has 2 heterocycles. The lowest BCUT2D eigenvalue weighted by atomic mass is 9.84. The highest BCUT2D eigenvalue weighted by Gasteiger charge is 2.71. The molecule has 1 saturated carbocycles. The first-order chi connectivity index (χ1) is 14.1. The molecule has 0 radical (unpaired) electrons. The fraction of sp³-hybridized carbons (Fsp3) is 0.350. The van der Waals surface area contributed by atoms with E-state index >= 15 is 0 Å². The molecule has 2 aromatic rings. The highest BCUT2D eigenvalue weighted by molar-refractivity contribution is 8.15. The van der Waals surface area contributed by atoms with E-state index in [0.717, 1.165) is 17.8 Å². The number of hydrogen-bond acceptors (Lipinski definition) is 5. The lowest BCUT2D eigenvalue weighted by molar-refractivity contribution is 0.0988. The number of rotatable bonds is 5. The number of alkyl halides is 2.